The van der Waals surface area contributed by atoms with Crippen LogP contribution in [0, 0.1) is 17.0 Å². The molecule has 0 aliphatic carbocycles. The topological polar surface area (TPSA) is 60.4 Å². The summed E-state index contributed by atoms with van der Waals surface area (Å²) in [5, 5.41) is 21.1. The van der Waals surface area contributed by atoms with Crippen molar-refractivity contribution in [2.24, 2.45) is 11.8 Å². The number of carboxylic acid groups (broad SMARTS) is 1. The third-order valence-electron chi connectivity index (χ3n) is 4.12. The van der Waals surface area contributed by atoms with E-state index < -0.39 is 11.5 Å². The van der Waals surface area contributed by atoms with Crippen LogP contribution in [0.15, 0.2) is 0 Å². The fourth-order valence-electron chi connectivity index (χ4n) is 2.18. The van der Waals surface area contributed by atoms with Crippen molar-refractivity contribution in [2.75, 3.05) is 13.6 Å². The van der Waals surface area contributed by atoms with Gasteiger partial charge in [0.1, 0.15) is 0 Å². The maximum absolute atomic E-state index is 12.1. The molecule has 0 spiro atoms. The summed E-state index contributed by atoms with van der Waals surface area (Å²) in [5.41, 5.74) is -0.513. The van der Waals surface area contributed by atoms with E-state index in [1.54, 1.807) is 7.05 Å². The van der Waals surface area contributed by atoms with Crippen LogP contribution in [-0.2, 0) is 4.79 Å². The molecule has 1 aliphatic heterocycles. The van der Waals surface area contributed by atoms with Crippen molar-refractivity contribution in [2.45, 2.75) is 32.7 Å². The molecule has 0 aromatic rings. The Labute approximate surface area is 84.7 Å². The molecule has 0 amide bonds. The van der Waals surface area contributed by atoms with Crippen LogP contribution in [0.4, 0.5) is 0 Å². The number of carbonyl (C=O) groups is 1. The highest BCUT2D eigenvalue weighted by molar-refractivity contribution is 5.70. The third-order valence-corrected chi connectivity index (χ3v) is 4.12. The zero-order chi connectivity index (χ0) is 11.1. The zero-order valence-corrected chi connectivity index (χ0v) is 9.28. The minimum Gasteiger partial charge on any atom is -0.633 e. The maximum atomic E-state index is 12.1. The molecule has 1 aliphatic rings. The fraction of sp³-hybridized carbons (Fsp3) is 0.900. The van der Waals surface area contributed by atoms with Crippen molar-refractivity contribution in [3.05, 3.63) is 5.21 Å². The molecular weight excluding hydrogens is 182 g/mol. The van der Waals surface area contributed by atoms with Crippen molar-refractivity contribution in [3.63, 3.8) is 0 Å². The van der Waals surface area contributed by atoms with E-state index in [0.717, 1.165) is 0 Å². The maximum Gasteiger partial charge on any atom is 0.307 e. The predicted octanol–water partition coefficient (Wildman–Crippen LogP) is 1.45. The average molecular weight is 201 g/mol. The second-order valence-electron chi connectivity index (χ2n) is 5.00. The van der Waals surface area contributed by atoms with E-state index >= 15 is 0 Å². The monoisotopic (exact) mass is 201 g/mol. The van der Waals surface area contributed by atoms with Gasteiger partial charge in [-0.3, -0.25) is 4.79 Å². The molecule has 82 valence electrons. The van der Waals surface area contributed by atoms with Gasteiger partial charge in [-0.05, 0) is 13.8 Å². The summed E-state index contributed by atoms with van der Waals surface area (Å²) >= 11 is 0. The Hall–Kier alpha value is -0.610. The first kappa shape index (κ1) is 11.5. The number of nitrogens with zero attached hydrogens (tertiary/aromatic N) is 1. The standard InChI is InChI=1S/C10H19NO3/c1-7-8(9(12)13)5-6-11(4,14)10(7,2)3/h7-8H,5-6H2,1-4H3,(H,12,13). The molecule has 1 N–H and O–H groups in total. The molecule has 1 heterocycles. The molecule has 3 atom stereocenters. The zero-order valence-electron chi connectivity index (χ0n) is 9.28. The largest absolute Gasteiger partial charge is 0.633 e. The van der Waals surface area contributed by atoms with Gasteiger partial charge in [-0.2, -0.15) is 0 Å². The molecule has 0 bridgehead atoms. The van der Waals surface area contributed by atoms with Crippen molar-refractivity contribution < 1.29 is 14.5 Å². The fourth-order valence-corrected chi connectivity index (χ4v) is 2.18. The van der Waals surface area contributed by atoms with E-state index in [4.69, 9.17) is 5.11 Å². The Kier molecular flexibility index (Phi) is 2.63. The number of likely N-dealkylation sites (tertiary alicyclic amines) is 1. The van der Waals surface area contributed by atoms with Gasteiger partial charge in [0.15, 0.2) is 0 Å². The van der Waals surface area contributed by atoms with Gasteiger partial charge in [0.25, 0.3) is 0 Å². The molecule has 1 fully saturated rings. The number of hydrogen-bond donors (Lipinski definition) is 1. The average Bonchev–Trinajstić information content (AvgIpc) is 2.00. The highest BCUT2D eigenvalue weighted by Crippen LogP contribution is 2.40. The molecule has 1 rings (SSSR count). The van der Waals surface area contributed by atoms with Crippen LogP contribution in [0.25, 0.3) is 0 Å². The molecule has 4 nitrogen and oxygen atoms in total. The van der Waals surface area contributed by atoms with Gasteiger partial charge in [-0.15, -0.1) is 0 Å². The number of piperidine rings is 1. The normalized spacial score (nSPS) is 42.1. The first-order chi connectivity index (χ1) is 6.20. The van der Waals surface area contributed by atoms with Crippen LogP contribution in [-0.4, -0.2) is 34.9 Å². The predicted molar refractivity (Wildman–Crippen MR) is 53.4 cm³/mol. The van der Waals surface area contributed by atoms with Crippen LogP contribution in [0.5, 0.6) is 0 Å². The number of quaternary nitrogens is 1. The number of rotatable bonds is 1. The summed E-state index contributed by atoms with van der Waals surface area (Å²) in [7, 11) is 1.63. The van der Waals surface area contributed by atoms with E-state index in [2.05, 4.69) is 0 Å². The van der Waals surface area contributed by atoms with E-state index in [1.165, 1.54) is 0 Å². The van der Waals surface area contributed by atoms with Gasteiger partial charge in [0, 0.05) is 12.3 Å². The summed E-state index contributed by atoms with van der Waals surface area (Å²) in [4.78, 5) is 11.0. The highest BCUT2D eigenvalue weighted by atomic mass is 16.5. The quantitative estimate of drug-likeness (QED) is 0.516. The lowest BCUT2D eigenvalue weighted by atomic mass is 9.73. The molecule has 0 aromatic heterocycles. The molecule has 4 heteroatoms. The minimum absolute atomic E-state index is 0.0868. The van der Waals surface area contributed by atoms with E-state index in [0.29, 0.717) is 13.0 Å². The lowest BCUT2D eigenvalue weighted by molar-refractivity contribution is -0.921. The summed E-state index contributed by atoms with van der Waals surface area (Å²) in [6.07, 6.45) is 0.486. The number of carboxylic acids is 1. The van der Waals surface area contributed by atoms with Crippen molar-refractivity contribution in [3.8, 4) is 0 Å². The van der Waals surface area contributed by atoms with E-state index in [1.807, 2.05) is 20.8 Å². The van der Waals surface area contributed by atoms with Crippen LogP contribution in [0.2, 0.25) is 0 Å². The second kappa shape index (κ2) is 3.21. The first-order valence-corrected chi connectivity index (χ1v) is 4.99. The van der Waals surface area contributed by atoms with Crippen LogP contribution in [0.1, 0.15) is 27.2 Å². The van der Waals surface area contributed by atoms with Crippen LogP contribution in [0.3, 0.4) is 0 Å². The molecule has 3 unspecified atom stereocenters. The van der Waals surface area contributed by atoms with Crippen LogP contribution < -0.4 is 0 Å². The SMILES string of the molecule is CC1C(C(=O)O)CC[N+](C)([O-])C1(C)C. The van der Waals surface area contributed by atoms with Gasteiger partial charge < -0.3 is 15.0 Å². The molecule has 1 saturated heterocycles. The van der Waals surface area contributed by atoms with Crippen molar-refractivity contribution in [1.82, 2.24) is 0 Å². The lowest BCUT2D eigenvalue weighted by Crippen LogP contribution is -2.64. The second-order valence-corrected chi connectivity index (χ2v) is 5.00. The van der Waals surface area contributed by atoms with Crippen LogP contribution >= 0.6 is 0 Å². The Bertz CT molecular complexity index is 248. The van der Waals surface area contributed by atoms with Gasteiger partial charge >= 0.3 is 5.97 Å². The van der Waals surface area contributed by atoms with Gasteiger partial charge in [0.05, 0.1) is 25.0 Å². The Morgan fingerprint density at radius 2 is 2.07 bits per heavy atom. The molecule has 0 radical (unpaired) electrons. The summed E-state index contributed by atoms with van der Waals surface area (Å²) in [5.74, 6) is -1.23. The van der Waals surface area contributed by atoms with Gasteiger partial charge in [0.2, 0.25) is 0 Å². The van der Waals surface area contributed by atoms with E-state index in [-0.39, 0.29) is 16.5 Å². The highest BCUT2D eigenvalue weighted by Gasteiger charge is 2.49. The molecule has 14 heavy (non-hydrogen) atoms. The third kappa shape index (κ3) is 1.53. The molecular formula is C10H19NO3. The number of aliphatic carboxylic acids is 1. The lowest BCUT2D eigenvalue weighted by Gasteiger charge is -2.58. The Morgan fingerprint density at radius 1 is 1.57 bits per heavy atom. The number of hydrogen-bond acceptors (Lipinski definition) is 2. The minimum atomic E-state index is -0.773. The molecule has 0 aromatic carbocycles. The van der Waals surface area contributed by atoms with Gasteiger partial charge in [-0.1, -0.05) is 6.92 Å². The molecule has 0 saturated carbocycles. The summed E-state index contributed by atoms with van der Waals surface area (Å²) in [6.45, 7) is 5.99. The van der Waals surface area contributed by atoms with E-state index in [9.17, 15) is 10.0 Å². The smallest absolute Gasteiger partial charge is 0.307 e. The summed E-state index contributed by atoms with van der Waals surface area (Å²) in [6, 6.07) is 0. The first-order valence-electron chi connectivity index (χ1n) is 4.99. The Morgan fingerprint density at radius 3 is 2.50 bits per heavy atom. The van der Waals surface area contributed by atoms with Crippen molar-refractivity contribution in [1.29, 1.82) is 0 Å². The van der Waals surface area contributed by atoms with Crippen molar-refractivity contribution >= 4 is 5.97 Å². The number of hydroxylamine groups is 3. The summed E-state index contributed by atoms with van der Waals surface area (Å²) < 4.78 is -0.335. The van der Waals surface area contributed by atoms with Gasteiger partial charge in [-0.25, -0.2) is 0 Å². The Balaban J connectivity index is 2.95.